The first-order chi connectivity index (χ1) is 9.58. The molecule has 0 aliphatic heterocycles. The van der Waals surface area contributed by atoms with Crippen molar-refractivity contribution < 1.29 is 0 Å². The Kier molecular flexibility index (Phi) is 6.11. The second-order valence-electron chi connectivity index (χ2n) is 4.63. The van der Waals surface area contributed by atoms with Crippen molar-refractivity contribution in [2.75, 3.05) is 0 Å². The monoisotopic (exact) mass is 420 g/mol. The number of nitrogens with one attached hydrogen (secondary N) is 1. The summed E-state index contributed by atoms with van der Waals surface area (Å²) in [4.78, 5) is 0. The molecule has 0 heterocycles. The lowest BCUT2D eigenvalue weighted by Crippen LogP contribution is -2.38. The van der Waals surface area contributed by atoms with Crippen LogP contribution in [0.1, 0.15) is 11.1 Å². The van der Waals surface area contributed by atoms with Gasteiger partial charge < -0.3 is 0 Å². The predicted molar refractivity (Wildman–Crippen MR) is 94.1 cm³/mol. The minimum Gasteiger partial charge on any atom is -0.271 e. The quantitative estimate of drug-likeness (QED) is 0.431. The lowest BCUT2D eigenvalue weighted by atomic mass is 9.99. The van der Waals surface area contributed by atoms with Crippen LogP contribution in [0, 0.1) is 3.57 Å². The molecule has 0 fully saturated rings. The van der Waals surface area contributed by atoms with Crippen LogP contribution in [0.2, 0.25) is 10.0 Å². The van der Waals surface area contributed by atoms with Gasteiger partial charge in [0.05, 0.1) is 0 Å². The summed E-state index contributed by atoms with van der Waals surface area (Å²) < 4.78 is 1.23. The van der Waals surface area contributed by atoms with Gasteiger partial charge >= 0.3 is 0 Å². The highest BCUT2D eigenvalue weighted by atomic mass is 127. The molecule has 0 amide bonds. The zero-order chi connectivity index (χ0) is 14.5. The van der Waals surface area contributed by atoms with E-state index in [4.69, 9.17) is 29.0 Å². The minimum atomic E-state index is 0.133. The highest BCUT2D eigenvalue weighted by Crippen LogP contribution is 2.22. The highest BCUT2D eigenvalue weighted by molar-refractivity contribution is 14.1. The van der Waals surface area contributed by atoms with Gasteiger partial charge in [0, 0.05) is 19.7 Å². The third-order valence-corrected chi connectivity index (χ3v) is 4.42. The maximum atomic E-state index is 6.20. The van der Waals surface area contributed by atoms with Gasteiger partial charge in [-0.2, -0.15) is 0 Å². The molecule has 20 heavy (non-hydrogen) atoms. The molecule has 0 spiro atoms. The van der Waals surface area contributed by atoms with Gasteiger partial charge in [0.1, 0.15) is 0 Å². The fourth-order valence-electron chi connectivity index (χ4n) is 2.05. The third-order valence-electron chi connectivity index (χ3n) is 3.11. The number of benzene rings is 2. The van der Waals surface area contributed by atoms with E-state index in [1.165, 1.54) is 9.13 Å². The summed E-state index contributed by atoms with van der Waals surface area (Å²) in [5, 5.41) is 1.33. The van der Waals surface area contributed by atoms with Crippen LogP contribution >= 0.6 is 45.8 Å². The molecule has 3 N–H and O–H groups in total. The molecule has 0 aliphatic carbocycles. The molecule has 0 saturated heterocycles. The van der Waals surface area contributed by atoms with E-state index in [0.29, 0.717) is 10.0 Å². The molecule has 0 bridgehead atoms. The Morgan fingerprint density at radius 2 is 1.75 bits per heavy atom. The van der Waals surface area contributed by atoms with Crippen LogP contribution in [0.5, 0.6) is 0 Å². The van der Waals surface area contributed by atoms with Gasteiger partial charge in [-0.1, -0.05) is 41.4 Å². The summed E-state index contributed by atoms with van der Waals surface area (Å²) >= 11 is 14.4. The Bertz CT molecular complexity index is 573. The summed E-state index contributed by atoms with van der Waals surface area (Å²) in [7, 11) is 0. The molecular formula is C15H15Cl2IN2. The Balaban J connectivity index is 2.07. The molecule has 1 atom stereocenters. The molecule has 0 aromatic heterocycles. The van der Waals surface area contributed by atoms with Gasteiger partial charge in [-0.05, 0) is 70.8 Å². The summed E-state index contributed by atoms with van der Waals surface area (Å²) in [6.45, 7) is 0. The van der Waals surface area contributed by atoms with Crippen LogP contribution in [0.3, 0.4) is 0 Å². The lowest BCUT2D eigenvalue weighted by molar-refractivity contribution is 0.522. The number of rotatable bonds is 5. The third kappa shape index (κ3) is 4.60. The number of hydrazine groups is 1. The average molecular weight is 421 g/mol. The Morgan fingerprint density at radius 3 is 2.35 bits per heavy atom. The van der Waals surface area contributed by atoms with Crippen molar-refractivity contribution in [3.63, 3.8) is 0 Å². The van der Waals surface area contributed by atoms with Crippen molar-refractivity contribution in [2.24, 2.45) is 5.84 Å². The first-order valence-corrected chi connectivity index (χ1v) is 8.06. The smallest absolute Gasteiger partial charge is 0.0453 e. The van der Waals surface area contributed by atoms with Crippen LogP contribution in [0.25, 0.3) is 0 Å². The van der Waals surface area contributed by atoms with E-state index in [1.54, 1.807) is 6.07 Å². The topological polar surface area (TPSA) is 38.0 Å². The van der Waals surface area contributed by atoms with E-state index in [1.807, 2.05) is 12.1 Å². The Hall–Kier alpha value is -0.330. The molecule has 0 aliphatic rings. The molecule has 2 aromatic rings. The molecule has 5 heteroatoms. The fourth-order valence-corrected chi connectivity index (χ4v) is 2.89. The van der Waals surface area contributed by atoms with Crippen molar-refractivity contribution in [1.82, 2.24) is 5.43 Å². The Labute approximate surface area is 142 Å². The van der Waals surface area contributed by atoms with E-state index in [9.17, 15) is 0 Å². The van der Waals surface area contributed by atoms with Crippen LogP contribution in [0.4, 0.5) is 0 Å². The van der Waals surface area contributed by atoms with Crippen LogP contribution < -0.4 is 11.3 Å². The molecular weight excluding hydrogens is 406 g/mol. The molecule has 0 radical (unpaired) electrons. The van der Waals surface area contributed by atoms with Gasteiger partial charge in [-0.15, -0.1) is 0 Å². The fraction of sp³-hybridized carbons (Fsp3) is 0.200. The van der Waals surface area contributed by atoms with Crippen molar-refractivity contribution in [3.05, 3.63) is 67.2 Å². The molecule has 2 aromatic carbocycles. The molecule has 2 nitrogen and oxygen atoms in total. The van der Waals surface area contributed by atoms with Crippen molar-refractivity contribution in [2.45, 2.75) is 18.9 Å². The number of nitrogens with two attached hydrogens (primary N) is 1. The van der Waals surface area contributed by atoms with E-state index in [-0.39, 0.29) is 6.04 Å². The average Bonchev–Trinajstić information content (AvgIpc) is 2.43. The van der Waals surface area contributed by atoms with Gasteiger partial charge in [0.2, 0.25) is 0 Å². The first kappa shape index (κ1) is 16.0. The summed E-state index contributed by atoms with van der Waals surface area (Å²) in [5.74, 6) is 5.66. The number of hydrogen-bond donors (Lipinski definition) is 2. The highest BCUT2D eigenvalue weighted by Gasteiger charge is 2.11. The second-order valence-corrected chi connectivity index (χ2v) is 6.72. The maximum Gasteiger partial charge on any atom is 0.0453 e. The SMILES string of the molecule is NNC(Cc1ccc(I)cc1)Cc1ccc(Cl)cc1Cl. The van der Waals surface area contributed by atoms with Gasteiger partial charge in [0.15, 0.2) is 0 Å². The van der Waals surface area contributed by atoms with Crippen molar-refractivity contribution >= 4 is 45.8 Å². The van der Waals surface area contributed by atoms with E-state index < -0.39 is 0 Å². The number of halogens is 3. The molecule has 2 rings (SSSR count). The van der Waals surface area contributed by atoms with Gasteiger partial charge in [-0.3, -0.25) is 11.3 Å². The van der Waals surface area contributed by atoms with Crippen molar-refractivity contribution in [1.29, 1.82) is 0 Å². The van der Waals surface area contributed by atoms with Gasteiger partial charge in [0.25, 0.3) is 0 Å². The summed E-state index contributed by atoms with van der Waals surface area (Å²) in [6.07, 6.45) is 1.62. The normalized spacial score (nSPS) is 12.4. The summed E-state index contributed by atoms with van der Waals surface area (Å²) in [5.41, 5.74) is 5.16. The Morgan fingerprint density at radius 1 is 1.05 bits per heavy atom. The largest absolute Gasteiger partial charge is 0.271 e. The maximum absolute atomic E-state index is 6.20. The first-order valence-electron chi connectivity index (χ1n) is 6.23. The minimum absolute atomic E-state index is 0.133. The lowest BCUT2D eigenvalue weighted by Gasteiger charge is -2.17. The van der Waals surface area contributed by atoms with E-state index in [0.717, 1.165) is 18.4 Å². The zero-order valence-corrected chi connectivity index (χ0v) is 14.4. The van der Waals surface area contributed by atoms with Gasteiger partial charge in [-0.25, -0.2) is 0 Å². The van der Waals surface area contributed by atoms with Crippen LogP contribution in [0.15, 0.2) is 42.5 Å². The second kappa shape index (κ2) is 7.61. The van der Waals surface area contributed by atoms with E-state index in [2.05, 4.69) is 52.3 Å². The van der Waals surface area contributed by atoms with Crippen LogP contribution in [-0.2, 0) is 12.8 Å². The zero-order valence-electron chi connectivity index (χ0n) is 10.7. The summed E-state index contributed by atoms with van der Waals surface area (Å²) in [6, 6.07) is 14.1. The van der Waals surface area contributed by atoms with Crippen LogP contribution in [-0.4, -0.2) is 6.04 Å². The van der Waals surface area contributed by atoms with Crippen molar-refractivity contribution in [3.8, 4) is 0 Å². The number of hydrogen-bond acceptors (Lipinski definition) is 2. The van der Waals surface area contributed by atoms with E-state index >= 15 is 0 Å². The molecule has 1 unspecified atom stereocenters. The standard InChI is InChI=1S/C15H15Cl2IN2/c16-12-4-3-11(15(17)9-12)8-14(20-19)7-10-1-5-13(18)6-2-10/h1-6,9,14,20H,7-8,19H2. The molecule has 106 valence electrons. The molecule has 0 saturated carbocycles. The predicted octanol–water partition coefficient (Wildman–Crippen LogP) is 4.22.